The molecular weight excluding hydrogens is 410 g/mol. The number of furan rings is 1. The van der Waals surface area contributed by atoms with Crippen molar-refractivity contribution in [1.29, 1.82) is 0 Å². The minimum atomic E-state index is -3.71. The van der Waals surface area contributed by atoms with Gasteiger partial charge >= 0.3 is 0 Å². The van der Waals surface area contributed by atoms with E-state index in [2.05, 4.69) is 10.3 Å². The Morgan fingerprint density at radius 1 is 1.10 bits per heavy atom. The molecule has 1 saturated heterocycles. The molecule has 0 atom stereocenters. The fourth-order valence-corrected chi connectivity index (χ4v) is 5.67. The van der Waals surface area contributed by atoms with Crippen molar-refractivity contribution >= 4 is 32.4 Å². The minimum Gasteiger partial charge on any atom is -0.438 e. The van der Waals surface area contributed by atoms with Gasteiger partial charge < -0.3 is 4.42 Å². The highest BCUT2D eigenvalue weighted by molar-refractivity contribution is 7.89. The maximum atomic E-state index is 12.7. The summed E-state index contributed by atoms with van der Waals surface area (Å²) in [6.07, 6.45) is 2.69. The lowest BCUT2D eigenvalue weighted by molar-refractivity contribution is 0.0991. The predicted octanol–water partition coefficient (Wildman–Crippen LogP) is 4.14. The van der Waals surface area contributed by atoms with Crippen molar-refractivity contribution in [1.82, 2.24) is 9.29 Å². The lowest BCUT2D eigenvalue weighted by atomic mass is 10.2. The summed E-state index contributed by atoms with van der Waals surface area (Å²) in [6, 6.07) is 12.5. The monoisotopic (exact) mass is 431 g/mol. The number of anilines is 1. The summed E-state index contributed by atoms with van der Waals surface area (Å²) in [5.41, 5.74) is 1.83. The fourth-order valence-electron chi connectivity index (χ4n) is 3.28. The van der Waals surface area contributed by atoms with Crippen molar-refractivity contribution in [2.75, 3.05) is 18.4 Å². The largest absolute Gasteiger partial charge is 0.438 e. The van der Waals surface area contributed by atoms with Gasteiger partial charge in [0.05, 0.1) is 10.6 Å². The zero-order valence-corrected chi connectivity index (χ0v) is 17.6. The molecule has 0 spiro atoms. The number of aromatic nitrogens is 1. The number of thiazole rings is 1. The molecule has 29 heavy (non-hydrogen) atoms. The number of sulfonamides is 1. The fraction of sp³-hybridized carbons (Fsp3) is 0.300. The van der Waals surface area contributed by atoms with Gasteiger partial charge in [0.15, 0.2) is 10.9 Å². The van der Waals surface area contributed by atoms with Gasteiger partial charge in [0, 0.05) is 13.1 Å². The molecule has 1 N–H and O–H groups in total. The molecule has 0 unspecified atom stereocenters. The molecule has 1 aliphatic heterocycles. The Morgan fingerprint density at radius 2 is 1.83 bits per heavy atom. The Kier molecular flexibility index (Phi) is 5.53. The Labute approximate surface area is 173 Å². The van der Waals surface area contributed by atoms with Crippen LogP contribution in [0.4, 0.5) is 5.13 Å². The SMILES string of the molecule is Cc1nc(NC(=O)c2ccc(S(=O)(=O)N3CCCCC3)o2)sc1-c1ccccc1. The van der Waals surface area contributed by atoms with Crippen LogP contribution in [0, 0.1) is 6.92 Å². The Balaban J connectivity index is 1.50. The lowest BCUT2D eigenvalue weighted by Crippen LogP contribution is -2.35. The van der Waals surface area contributed by atoms with Crippen molar-refractivity contribution in [2.45, 2.75) is 31.3 Å². The van der Waals surface area contributed by atoms with Crippen LogP contribution in [0.25, 0.3) is 10.4 Å². The average Bonchev–Trinajstić information content (AvgIpc) is 3.37. The first kappa shape index (κ1) is 19.8. The number of aryl methyl sites for hydroxylation is 1. The number of nitrogens with zero attached hydrogens (tertiary/aromatic N) is 2. The first-order valence-electron chi connectivity index (χ1n) is 9.39. The smallest absolute Gasteiger partial charge is 0.293 e. The van der Waals surface area contributed by atoms with Gasteiger partial charge in [-0.05, 0) is 37.5 Å². The summed E-state index contributed by atoms with van der Waals surface area (Å²) in [4.78, 5) is 17.9. The van der Waals surface area contributed by atoms with Gasteiger partial charge in [-0.1, -0.05) is 48.1 Å². The van der Waals surface area contributed by atoms with E-state index in [-0.39, 0.29) is 10.9 Å². The number of hydrogen-bond acceptors (Lipinski definition) is 6. The maximum absolute atomic E-state index is 12.7. The molecule has 152 valence electrons. The number of benzene rings is 1. The van der Waals surface area contributed by atoms with E-state index >= 15 is 0 Å². The molecule has 1 aliphatic rings. The molecule has 3 aromatic rings. The van der Waals surface area contributed by atoms with Crippen molar-refractivity contribution in [3.05, 3.63) is 53.9 Å². The van der Waals surface area contributed by atoms with E-state index in [9.17, 15) is 13.2 Å². The molecular formula is C20H21N3O4S2. The van der Waals surface area contributed by atoms with Crippen molar-refractivity contribution in [3.8, 4) is 10.4 Å². The highest BCUT2D eigenvalue weighted by Gasteiger charge is 2.29. The van der Waals surface area contributed by atoms with Crippen LogP contribution in [-0.4, -0.2) is 36.7 Å². The zero-order valence-electron chi connectivity index (χ0n) is 15.9. The molecule has 4 rings (SSSR count). The van der Waals surface area contributed by atoms with Crippen LogP contribution in [0.2, 0.25) is 0 Å². The summed E-state index contributed by atoms with van der Waals surface area (Å²) in [7, 11) is -3.71. The van der Waals surface area contributed by atoms with E-state index in [4.69, 9.17) is 4.42 Å². The first-order valence-corrected chi connectivity index (χ1v) is 11.6. The molecule has 0 radical (unpaired) electrons. The van der Waals surface area contributed by atoms with Crippen molar-refractivity contribution in [3.63, 3.8) is 0 Å². The quantitative estimate of drug-likeness (QED) is 0.655. The topological polar surface area (TPSA) is 92.5 Å². The number of nitrogens with one attached hydrogen (secondary N) is 1. The van der Waals surface area contributed by atoms with Crippen LogP contribution in [0.1, 0.15) is 35.5 Å². The summed E-state index contributed by atoms with van der Waals surface area (Å²) < 4.78 is 32.2. The van der Waals surface area contributed by atoms with Gasteiger partial charge in [-0.3, -0.25) is 10.1 Å². The second-order valence-corrected chi connectivity index (χ2v) is 9.71. The predicted molar refractivity (Wildman–Crippen MR) is 112 cm³/mol. The van der Waals surface area contributed by atoms with Crippen LogP contribution in [0.15, 0.2) is 52.0 Å². The molecule has 9 heteroatoms. The number of piperidine rings is 1. The number of amides is 1. The molecule has 1 fully saturated rings. The van der Waals surface area contributed by atoms with Crippen LogP contribution in [-0.2, 0) is 10.0 Å². The van der Waals surface area contributed by atoms with E-state index in [1.807, 2.05) is 37.3 Å². The molecule has 2 aromatic heterocycles. The maximum Gasteiger partial charge on any atom is 0.293 e. The number of carbonyl (C=O) groups is 1. The van der Waals surface area contributed by atoms with E-state index < -0.39 is 15.9 Å². The highest BCUT2D eigenvalue weighted by atomic mass is 32.2. The van der Waals surface area contributed by atoms with Crippen LogP contribution >= 0.6 is 11.3 Å². The standard InChI is InChI=1S/C20H21N3O4S2/c1-14-18(15-8-4-2-5-9-15)28-20(21-14)22-19(24)16-10-11-17(27-16)29(25,26)23-12-6-3-7-13-23/h2,4-5,8-11H,3,6-7,12-13H2,1H3,(H,21,22,24). The molecule has 1 amide bonds. The van der Waals surface area contributed by atoms with Gasteiger partial charge in [-0.2, -0.15) is 4.31 Å². The van der Waals surface area contributed by atoms with Gasteiger partial charge in [-0.25, -0.2) is 13.4 Å². The molecule has 3 heterocycles. The Hall–Kier alpha value is -2.49. The lowest BCUT2D eigenvalue weighted by Gasteiger charge is -2.24. The molecule has 0 aliphatic carbocycles. The summed E-state index contributed by atoms with van der Waals surface area (Å²) >= 11 is 1.36. The van der Waals surface area contributed by atoms with E-state index in [1.54, 1.807) is 0 Å². The minimum absolute atomic E-state index is 0.0605. The first-order chi connectivity index (χ1) is 13.9. The highest BCUT2D eigenvalue weighted by Crippen LogP contribution is 2.33. The Morgan fingerprint density at radius 3 is 2.55 bits per heavy atom. The van der Waals surface area contributed by atoms with Crippen LogP contribution in [0.3, 0.4) is 0 Å². The summed E-state index contributed by atoms with van der Waals surface area (Å²) in [5.74, 6) is -0.590. The van der Waals surface area contributed by atoms with E-state index in [1.165, 1.54) is 27.8 Å². The Bertz CT molecular complexity index is 1110. The molecule has 1 aromatic carbocycles. The van der Waals surface area contributed by atoms with E-state index in [0.717, 1.165) is 35.4 Å². The third-order valence-corrected chi connectivity index (χ3v) is 7.66. The van der Waals surface area contributed by atoms with Crippen molar-refractivity contribution < 1.29 is 17.6 Å². The van der Waals surface area contributed by atoms with Gasteiger partial charge in [-0.15, -0.1) is 0 Å². The molecule has 0 saturated carbocycles. The zero-order chi connectivity index (χ0) is 20.4. The number of rotatable bonds is 5. The van der Waals surface area contributed by atoms with Gasteiger partial charge in [0.1, 0.15) is 0 Å². The van der Waals surface area contributed by atoms with Gasteiger partial charge in [0.25, 0.3) is 15.9 Å². The summed E-state index contributed by atoms with van der Waals surface area (Å²) in [6.45, 7) is 2.83. The van der Waals surface area contributed by atoms with Crippen LogP contribution in [0.5, 0.6) is 0 Å². The van der Waals surface area contributed by atoms with Crippen molar-refractivity contribution in [2.24, 2.45) is 0 Å². The number of carbonyl (C=O) groups excluding carboxylic acids is 1. The second-order valence-electron chi connectivity index (χ2n) is 6.84. The third-order valence-electron chi connectivity index (χ3n) is 4.77. The second kappa shape index (κ2) is 8.10. The van der Waals surface area contributed by atoms with Crippen LogP contribution < -0.4 is 5.32 Å². The molecule has 0 bridgehead atoms. The molecule has 7 nitrogen and oxygen atoms in total. The van der Waals surface area contributed by atoms with Gasteiger partial charge in [0.2, 0.25) is 5.09 Å². The number of hydrogen-bond donors (Lipinski definition) is 1. The summed E-state index contributed by atoms with van der Waals surface area (Å²) in [5, 5.41) is 2.93. The average molecular weight is 432 g/mol. The normalized spacial score (nSPS) is 15.3. The van der Waals surface area contributed by atoms with E-state index in [0.29, 0.717) is 18.2 Å². The third kappa shape index (κ3) is 4.12.